The molecule has 0 aliphatic carbocycles. The minimum absolute atomic E-state index is 0.323. The number of methoxy groups -OCH3 is 2. The van der Waals surface area contributed by atoms with Crippen molar-refractivity contribution in [2.24, 2.45) is 7.05 Å². The van der Waals surface area contributed by atoms with Crippen LogP contribution < -0.4 is 9.47 Å². The summed E-state index contributed by atoms with van der Waals surface area (Å²) in [5.74, 6) is 1.20. The third-order valence-corrected chi connectivity index (χ3v) is 4.43. The Labute approximate surface area is 159 Å². The van der Waals surface area contributed by atoms with Gasteiger partial charge < -0.3 is 18.8 Å². The van der Waals surface area contributed by atoms with E-state index >= 15 is 0 Å². The summed E-state index contributed by atoms with van der Waals surface area (Å²) in [6.07, 6.45) is 1.95. The summed E-state index contributed by atoms with van der Waals surface area (Å²) in [4.78, 5) is 12.6. The fourth-order valence-corrected chi connectivity index (χ4v) is 3.11. The van der Waals surface area contributed by atoms with Crippen LogP contribution in [0.1, 0.15) is 17.4 Å². The first-order valence-corrected chi connectivity index (χ1v) is 8.74. The van der Waals surface area contributed by atoms with Crippen molar-refractivity contribution in [3.63, 3.8) is 0 Å². The summed E-state index contributed by atoms with van der Waals surface area (Å²) in [6, 6.07) is 15.4. The molecule has 3 rings (SSSR count). The number of nitrogens with zero attached hydrogens (tertiary/aromatic N) is 1. The number of hydrogen-bond donors (Lipinski definition) is 0. The highest BCUT2D eigenvalue weighted by Crippen LogP contribution is 2.38. The average molecular weight is 365 g/mol. The smallest absolute Gasteiger partial charge is 0.355 e. The van der Waals surface area contributed by atoms with Gasteiger partial charge >= 0.3 is 5.97 Å². The molecule has 0 spiro atoms. The molecule has 0 atom stereocenters. The molecule has 0 aliphatic heterocycles. The number of carbonyl (C=O) groups is 1. The Morgan fingerprint density at radius 2 is 1.41 bits per heavy atom. The normalized spacial score (nSPS) is 10.5. The second kappa shape index (κ2) is 7.99. The molecule has 0 aliphatic rings. The van der Waals surface area contributed by atoms with Gasteiger partial charge in [-0.05, 0) is 42.3 Å². The SMILES string of the molecule is CCOC(=O)c1c(-c2ccc(OC)cc2)c(-c2ccc(OC)cc2)cn1C. The van der Waals surface area contributed by atoms with E-state index in [1.165, 1.54) is 0 Å². The predicted molar refractivity (Wildman–Crippen MR) is 105 cm³/mol. The van der Waals surface area contributed by atoms with Gasteiger partial charge in [0.25, 0.3) is 0 Å². The zero-order chi connectivity index (χ0) is 19.4. The molecule has 140 valence electrons. The van der Waals surface area contributed by atoms with Crippen LogP contribution in [0.25, 0.3) is 22.3 Å². The first-order valence-electron chi connectivity index (χ1n) is 8.74. The van der Waals surface area contributed by atoms with Gasteiger partial charge in [-0.2, -0.15) is 0 Å². The van der Waals surface area contributed by atoms with Gasteiger partial charge in [0.05, 0.1) is 20.8 Å². The molecule has 0 bridgehead atoms. The zero-order valence-electron chi connectivity index (χ0n) is 16.0. The van der Waals surface area contributed by atoms with Gasteiger partial charge in [0.15, 0.2) is 0 Å². The Morgan fingerprint density at radius 3 is 1.89 bits per heavy atom. The predicted octanol–water partition coefficient (Wildman–Crippen LogP) is 4.55. The Bertz CT molecular complexity index is 924. The van der Waals surface area contributed by atoms with Crippen molar-refractivity contribution >= 4 is 5.97 Å². The van der Waals surface area contributed by atoms with Crippen LogP contribution in [0.4, 0.5) is 0 Å². The second-order valence-corrected chi connectivity index (χ2v) is 6.05. The topological polar surface area (TPSA) is 49.7 Å². The molecule has 0 saturated heterocycles. The molecule has 2 aromatic carbocycles. The maximum absolute atomic E-state index is 12.6. The van der Waals surface area contributed by atoms with E-state index in [0.717, 1.165) is 33.8 Å². The molecule has 0 amide bonds. The summed E-state index contributed by atoms with van der Waals surface area (Å²) >= 11 is 0. The van der Waals surface area contributed by atoms with Crippen LogP contribution in [0.5, 0.6) is 11.5 Å². The van der Waals surface area contributed by atoms with Crippen LogP contribution in [0.2, 0.25) is 0 Å². The summed E-state index contributed by atoms with van der Waals surface area (Å²) in [5.41, 5.74) is 4.23. The van der Waals surface area contributed by atoms with Gasteiger partial charge in [-0.1, -0.05) is 24.3 Å². The summed E-state index contributed by atoms with van der Waals surface area (Å²) in [7, 11) is 5.12. The standard InChI is InChI=1S/C22H23NO4/c1-5-27-22(24)21-20(16-8-12-18(26-4)13-9-16)19(14-23(21)2)15-6-10-17(25-3)11-7-15/h6-14H,5H2,1-4H3. The van der Waals surface area contributed by atoms with E-state index < -0.39 is 0 Å². The van der Waals surface area contributed by atoms with Crippen LogP contribution in [0, 0.1) is 0 Å². The Hall–Kier alpha value is -3.21. The van der Waals surface area contributed by atoms with Crippen molar-refractivity contribution in [3.8, 4) is 33.8 Å². The lowest BCUT2D eigenvalue weighted by molar-refractivity contribution is 0.0516. The minimum Gasteiger partial charge on any atom is -0.497 e. The molecule has 0 fully saturated rings. The van der Waals surface area contributed by atoms with E-state index in [-0.39, 0.29) is 5.97 Å². The van der Waals surface area contributed by atoms with Crippen molar-refractivity contribution in [2.45, 2.75) is 6.92 Å². The molecule has 1 aromatic heterocycles. The number of carbonyl (C=O) groups excluding carboxylic acids is 1. The van der Waals surface area contributed by atoms with Crippen LogP contribution in [0.3, 0.4) is 0 Å². The highest BCUT2D eigenvalue weighted by molar-refractivity contribution is 6.01. The summed E-state index contributed by atoms with van der Waals surface area (Å²) in [5, 5.41) is 0. The molecule has 0 N–H and O–H groups in total. The van der Waals surface area contributed by atoms with Gasteiger partial charge in [0, 0.05) is 24.4 Å². The molecule has 27 heavy (non-hydrogen) atoms. The van der Waals surface area contributed by atoms with Crippen LogP contribution in [-0.4, -0.2) is 31.4 Å². The minimum atomic E-state index is -0.342. The van der Waals surface area contributed by atoms with Crippen LogP contribution in [-0.2, 0) is 11.8 Å². The lowest BCUT2D eigenvalue weighted by Gasteiger charge is -2.10. The van der Waals surface area contributed by atoms with Crippen molar-refractivity contribution in [2.75, 3.05) is 20.8 Å². The lowest BCUT2D eigenvalue weighted by Crippen LogP contribution is -2.10. The number of esters is 1. The van der Waals surface area contributed by atoms with Gasteiger partial charge in [-0.3, -0.25) is 0 Å². The summed E-state index contributed by atoms with van der Waals surface area (Å²) < 4.78 is 17.6. The molecule has 1 heterocycles. The van der Waals surface area contributed by atoms with E-state index in [2.05, 4.69) is 0 Å². The maximum atomic E-state index is 12.6. The molecule has 5 heteroatoms. The molecule has 0 radical (unpaired) electrons. The van der Waals surface area contributed by atoms with Gasteiger partial charge in [0.2, 0.25) is 0 Å². The average Bonchev–Trinajstić information content (AvgIpc) is 3.05. The Balaban J connectivity index is 2.19. The first-order chi connectivity index (χ1) is 13.1. The van der Waals surface area contributed by atoms with Crippen molar-refractivity contribution < 1.29 is 19.0 Å². The first kappa shape index (κ1) is 18.6. The number of rotatable bonds is 6. The second-order valence-electron chi connectivity index (χ2n) is 6.05. The van der Waals surface area contributed by atoms with E-state index in [4.69, 9.17) is 14.2 Å². The van der Waals surface area contributed by atoms with Crippen LogP contribution >= 0.6 is 0 Å². The Kier molecular flexibility index (Phi) is 5.50. The number of benzene rings is 2. The van der Waals surface area contributed by atoms with Crippen molar-refractivity contribution in [3.05, 3.63) is 60.4 Å². The monoisotopic (exact) mass is 365 g/mol. The number of hydrogen-bond acceptors (Lipinski definition) is 4. The third kappa shape index (κ3) is 3.67. The summed E-state index contributed by atoms with van der Waals surface area (Å²) in [6.45, 7) is 2.13. The van der Waals surface area contributed by atoms with Gasteiger partial charge in [-0.25, -0.2) is 4.79 Å². The van der Waals surface area contributed by atoms with Gasteiger partial charge in [0.1, 0.15) is 17.2 Å². The number of aromatic nitrogens is 1. The van der Waals surface area contributed by atoms with E-state index in [9.17, 15) is 4.79 Å². The molecule has 0 unspecified atom stereocenters. The molecule has 0 saturated carbocycles. The fraction of sp³-hybridized carbons (Fsp3) is 0.227. The van der Waals surface area contributed by atoms with E-state index in [1.807, 2.05) is 66.3 Å². The fourth-order valence-electron chi connectivity index (χ4n) is 3.11. The highest BCUT2D eigenvalue weighted by Gasteiger charge is 2.23. The van der Waals surface area contributed by atoms with Crippen molar-refractivity contribution in [1.29, 1.82) is 0 Å². The number of aryl methyl sites for hydroxylation is 1. The quantitative estimate of drug-likeness (QED) is 0.601. The number of ether oxygens (including phenoxy) is 3. The highest BCUT2D eigenvalue weighted by atomic mass is 16.5. The zero-order valence-corrected chi connectivity index (χ0v) is 16.0. The largest absolute Gasteiger partial charge is 0.497 e. The van der Waals surface area contributed by atoms with Crippen molar-refractivity contribution in [1.82, 2.24) is 4.57 Å². The molecular formula is C22H23NO4. The Morgan fingerprint density at radius 1 is 0.889 bits per heavy atom. The van der Waals surface area contributed by atoms with E-state index in [1.54, 1.807) is 21.1 Å². The molecule has 5 nitrogen and oxygen atoms in total. The van der Waals surface area contributed by atoms with Gasteiger partial charge in [-0.15, -0.1) is 0 Å². The molecule has 3 aromatic rings. The molecular weight excluding hydrogens is 342 g/mol. The third-order valence-electron chi connectivity index (χ3n) is 4.43. The lowest BCUT2D eigenvalue weighted by atomic mass is 9.96. The van der Waals surface area contributed by atoms with Crippen LogP contribution in [0.15, 0.2) is 54.7 Å². The van der Waals surface area contributed by atoms with E-state index in [0.29, 0.717) is 12.3 Å². The maximum Gasteiger partial charge on any atom is 0.355 e.